The van der Waals surface area contributed by atoms with E-state index in [0.29, 0.717) is 19.8 Å². The highest BCUT2D eigenvalue weighted by Crippen LogP contribution is 2.15. The van der Waals surface area contributed by atoms with Gasteiger partial charge in [0.1, 0.15) is 37.9 Å². The maximum atomic E-state index is 4.79. The van der Waals surface area contributed by atoms with Crippen molar-refractivity contribution in [2.75, 3.05) is 0 Å². The zero-order chi connectivity index (χ0) is 24.9. The van der Waals surface area contributed by atoms with Gasteiger partial charge in [-0.3, -0.25) is 9.97 Å². The van der Waals surface area contributed by atoms with Crippen molar-refractivity contribution in [3.05, 3.63) is 134 Å². The van der Waals surface area contributed by atoms with Crippen LogP contribution in [0.15, 0.2) is 123 Å². The molecule has 6 aromatic heterocycles. The van der Waals surface area contributed by atoms with E-state index in [1.54, 1.807) is 12.4 Å². The fraction of sp³-hybridized carbons (Fsp3) is 0.103. The molecular weight excluding hydrogens is 460 g/mol. The second-order valence-electron chi connectivity index (χ2n) is 8.80. The predicted octanol–water partition coefficient (Wildman–Crippen LogP) is 3.38. The Bertz CT molecular complexity index is 1480. The minimum Gasteiger partial charge on any atom is -0.255 e. The lowest BCUT2D eigenvalue weighted by Crippen LogP contribution is -2.49. The summed E-state index contributed by atoms with van der Waals surface area (Å²) >= 11 is 0. The highest BCUT2D eigenvalue weighted by molar-refractivity contribution is 5.54. The van der Waals surface area contributed by atoms with Gasteiger partial charge in [-0.25, -0.2) is 19.1 Å². The van der Waals surface area contributed by atoms with Gasteiger partial charge in [-0.2, -0.15) is 9.13 Å². The number of rotatable bonds is 8. The molecule has 0 aliphatic heterocycles. The van der Waals surface area contributed by atoms with Crippen molar-refractivity contribution in [2.24, 2.45) is 0 Å². The third-order valence-electron chi connectivity index (χ3n) is 5.98. The summed E-state index contributed by atoms with van der Waals surface area (Å²) in [6, 6.07) is 23.9. The summed E-state index contributed by atoms with van der Waals surface area (Å²) < 4.78 is 8.56. The third-order valence-corrected chi connectivity index (χ3v) is 5.98. The summed E-state index contributed by atoms with van der Waals surface area (Å²) in [4.78, 5) is 18.4. The molecule has 0 spiro atoms. The lowest BCUT2D eigenvalue weighted by molar-refractivity contribution is -0.912. The van der Waals surface area contributed by atoms with Gasteiger partial charge in [0.25, 0.3) is 0 Å². The summed E-state index contributed by atoms with van der Waals surface area (Å²) in [5.41, 5.74) is 5.51. The van der Waals surface area contributed by atoms with E-state index in [1.165, 1.54) is 0 Å². The van der Waals surface area contributed by atoms with Crippen molar-refractivity contribution in [3.8, 4) is 22.8 Å². The molecule has 8 heteroatoms. The SMILES string of the molecule is c1ccc(-c2cccc(Cn3cc[n+](C[n+]4ccn(Cc5cccc(-c6ccccn6)n5)c4)c3)n2)nc1. The van der Waals surface area contributed by atoms with Crippen LogP contribution < -0.4 is 9.13 Å². The van der Waals surface area contributed by atoms with Gasteiger partial charge in [0.15, 0.2) is 0 Å². The fourth-order valence-corrected chi connectivity index (χ4v) is 4.24. The zero-order valence-corrected chi connectivity index (χ0v) is 20.2. The van der Waals surface area contributed by atoms with Crippen LogP contribution in [-0.2, 0) is 19.8 Å². The lowest BCUT2D eigenvalue weighted by Gasteiger charge is -2.02. The summed E-state index contributed by atoms with van der Waals surface area (Å²) in [5.74, 6) is 0. The van der Waals surface area contributed by atoms with Crippen LogP contribution in [0, 0.1) is 0 Å². The summed E-state index contributed by atoms with van der Waals surface area (Å²) in [6.45, 7) is 2.10. The Kier molecular flexibility index (Phi) is 6.28. The molecule has 0 bridgehead atoms. The van der Waals surface area contributed by atoms with Crippen LogP contribution in [0.25, 0.3) is 22.8 Å². The van der Waals surface area contributed by atoms with E-state index in [4.69, 9.17) is 9.97 Å². The van der Waals surface area contributed by atoms with E-state index in [9.17, 15) is 0 Å². The minimum atomic E-state index is 0.692. The van der Waals surface area contributed by atoms with Crippen LogP contribution in [0.2, 0.25) is 0 Å². The molecular formula is C29H26N8+2. The van der Waals surface area contributed by atoms with Gasteiger partial charge in [0.05, 0.1) is 34.2 Å². The van der Waals surface area contributed by atoms with Crippen LogP contribution in [0.5, 0.6) is 0 Å². The highest BCUT2D eigenvalue weighted by Gasteiger charge is 2.12. The maximum Gasteiger partial charge on any atom is 0.247 e. The second-order valence-corrected chi connectivity index (χ2v) is 8.80. The van der Waals surface area contributed by atoms with Crippen molar-refractivity contribution in [2.45, 2.75) is 19.8 Å². The molecule has 0 fully saturated rings. The summed E-state index contributed by atoms with van der Waals surface area (Å²) in [5, 5.41) is 0. The van der Waals surface area contributed by atoms with Crippen LogP contribution >= 0.6 is 0 Å². The number of pyridine rings is 4. The summed E-state index contributed by atoms with van der Waals surface area (Å²) in [7, 11) is 0. The van der Waals surface area contributed by atoms with Gasteiger partial charge in [-0.05, 0) is 48.5 Å². The second kappa shape index (κ2) is 10.3. The Balaban J connectivity index is 1.10. The lowest BCUT2D eigenvalue weighted by atomic mass is 10.2. The molecule has 0 aliphatic carbocycles. The molecule has 0 atom stereocenters. The number of nitrogens with zero attached hydrogens (tertiary/aromatic N) is 8. The first-order valence-corrected chi connectivity index (χ1v) is 12.1. The quantitative estimate of drug-likeness (QED) is 0.309. The van der Waals surface area contributed by atoms with Gasteiger partial charge in [0.2, 0.25) is 19.3 Å². The molecule has 0 saturated carbocycles. The molecule has 6 rings (SSSR count). The number of aromatic nitrogens is 8. The normalized spacial score (nSPS) is 11.0. The van der Waals surface area contributed by atoms with E-state index in [0.717, 1.165) is 34.2 Å². The van der Waals surface area contributed by atoms with Gasteiger partial charge < -0.3 is 0 Å². The Labute approximate surface area is 214 Å². The highest BCUT2D eigenvalue weighted by atomic mass is 15.2. The predicted molar refractivity (Wildman–Crippen MR) is 138 cm³/mol. The van der Waals surface area contributed by atoms with E-state index in [1.807, 2.05) is 72.8 Å². The Morgan fingerprint density at radius 3 is 1.49 bits per heavy atom. The smallest absolute Gasteiger partial charge is 0.247 e. The van der Waals surface area contributed by atoms with Crippen LogP contribution in [0.1, 0.15) is 11.4 Å². The standard InChI is InChI=1S/C29H26N8/c1-3-13-30-26(9-1)28-11-5-7-24(32-28)19-34-15-17-36(21-34)23-37-18-16-35(22-37)20-25-8-6-12-29(33-25)27-10-2-4-14-31-27/h1-18,21-22H,19-20,23H2/q+2. The first-order valence-electron chi connectivity index (χ1n) is 12.1. The van der Waals surface area contributed by atoms with Crippen LogP contribution in [0.3, 0.4) is 0 Å². The summed E-state index contributed by atoms with van der Waals surface area (Å²) in [6.07, 6.45) is 16.1. The van der Waals surface area contributed by atoms with E-state index in [-0.39, 0.29) is 0 Å². The Morgan fingerprint density at radius 2 is 1.03 bits per heavy atom. The monoisotopic (exact) mass is 486 g/mol. The first-order chi connectivity index (χ1) is 18.3. The zero-order valence-electron chi connectivity index (χ0n) is 20.2. The van der Waals surface area contributed by atoms with Crippen molar-refractivity contribution in [3.63, 3.8) is 0 Å². The molecule has 6 heterocycles. The van der Waals surface area contributed by atoms with Crippen LogP contribution in [0.4, 0.5) is 0 Å². The van der Waals surface area contributed by atoms with Gasteiger partial charge in [0, 0.05) is 12.4 Å². The maximum absolute atomic E-state index is 4.79. The topological polar surface area (TPSA) is 69.2 Å². The molecule has 0 radical (unpaired) electrons. The minimum absolute atomic E-state index is 0.692. The van der Waals surface area contributed by atoms with Gasteiger partial charge >= 0.3 is 0 Å². The number of hydrogen-bond acceptors (Lipinski definition) is 4. The van der Waals surface area contributed by atoms with E-state index >= 15 is 0 Å². The fourth-order valence-electron chi connectivity index (χ4n) is 4.24. The number of hydrogen-bond donors (Lipinski definition) is 0. The van der Waals surface area contributed by atoms with E-state index in [2.05, 4.69) is 65.7 Å². The van der Waals surface area contributed by atoms with Crippen molar-refractivity contribution < 1.29 is 9.13 Å². The first kappa shape index (κ1) is 22.5. The molecule has 8 nitrogen and oxygen atoms in total. The van der Waals surface area contributed by atoms with Crippen LogP contribution in [-0.4, -0.2) is 29.1 Å². The van der Waals surface area contributed by atoms with Crippen molar-refractivity contribution in [1.29, 1.82) is 0 Å². The molecule has 0 aromatic carbocycles. The van der Waals surface area contributed by atoms with E-state index < -0.39 is 0 Å². The molecule has 0 unspecified atom stereocenters. The Morgan fingerprint density at radius 1 is 0.541 bits per heavy atom. The molecule has 0 aliphatic rings. The molecule has 0 amide bonds. The average Bonchev–Trinajstić information content (AvgIpc) is 3.59. The van der Waals surface area contributed by atoms with Crippen molar-refractivity contribution in [1.82, 2.24) is 29.1 Å². The average molecular weight is 487 g/mol. The van der Waals surface area contributed by atoms with Gasteiger partial charge in [-0.1, -0.05) is 24.3 Å². The molecule has 0 saturated heterocycles. The Hall–Kier alpha value is -4.98. The third kappa shape index (κ3) is 5.48. The number of imidazole rings is 2. The molecule has 37 heavy (non-hydrogen) atoms. The van der Waals surface area contributed by atoms with Gasteiger partial charge in [-0.15, -0.1) is 0 Å². The molecule has 180 valence electrons. The molecule has 0 N–H and O–H groups in total. The largest absolute Gasteiger partial charge is 0.255 e. The molecule has 6 aromatic rings. The van der Waals surface area contributed by atoms with Crippen molar-refractivity contribution >= 4 is 0 Å².